The van der Waals surface area contributed by atoms with Crippen LogP contribution in [0.25, 0.3) is 5.52 Å². The van der Waals surface area contributed by atoms with Crippen molar-refractivity contribution >= 4 is 11.5 Å². The minimum Gasteiger partial charge on any atom is -0.479 e. The summed E-state index contributed by atoms with van der Waals surface area (Å²) in [7, 11) is 0. The van der Waals surface area contributed by atoms with E-state index in [0.717, 1.165) is 11.2 Å². The lowest BCUT2D eigenvalue weighted by atomic mass is 10.3. The third-order valence-corrected chi connectivity index (χ3v) is 2.70. The van der Waals surface area contributed by atoms with E-state index in [4.69, 9.17) is 9.84 Å². The zero-order valence-electron chi connectivity index (χ0n) is 9.04. The van der Waals surface area contributed by atoms with Crippen LogP contribution in [0.15, 0.2) is 18.5 Å². The molecular weight excluding hydrogens is 222 g/mol. The van der Waals surface area contributed by atoms with E-state index in [1.165, 1.54) is 12.8 Å². The molecule has 0 unspecified atom stereocenters. The third-order valence-electron chi connectivity index (χ3n) is 2.70. The molecule has 0 spiro atoms. The fourth-order valence-corrected chi connectivity index (χ4v) is 1.74. The van der Waals surface area contributed by atoms with E-state index in [9.17, 15) is 4.79 Å². The smallest absolute Gasteiger partial charge is 0.341 e. The van der Waals surface area contributed by atoms with E-state index in [0.29, 0.717) is 11.8 Å². The Morgan fingerprint density at radius 1 is 1.59 bits per heavy atom. The first-order chi connectivity index (χ1) is 8.24. The molecule has 1 saturated carbocycles. The van der Waals surface area contributed by atoms with Crippen LogP contribution in [0.1, 0.15) is 24.5 Å². The number of carboxylic acid groups (broad SMARTS) is 1. The molecule has 1 aliphatic rings. The molecule has 1 N–H and O–H groups in total. The molecule has 0 radical (unpaired) electrons. The lowest BCUT2D eigenvalue weighted by molar-refractivity contribution is -0.139. The molecule has 1 fully saturated rings. The topological polar surface area (TPSA) is 76.7 Å². The van der Waals surface area contributed by atoms with Gasteiger partial charge in [-0.25, -0.2) is 14.3 Å². The fraction of sp³-hybridized carbons (Fsp3) is 0.364. The van der Waals surface area contributed by atoms with Crippen LogP contribution in [0.5, 0.6) is 5.88 Å². The first kappa shape index (κ1) is 10.1. The molecule has 0 bridgehead atoms. The van der Waals surface area contributed by atoms with E-state index in [1.54, 1.807) is 16.9 Å². The van der Waals surface area contributed by atoms with Gasteiger partial charge in [0.05, 0.1) is 5.69 Å². The predicted molar refractivity (Wildman–Crippen MR) is 58.1 cm³/mol. The summed E-state index contributed by atoms with van der Waals surface area (Å²) < 4.78 is 6.80. The number of fused-ring (bicyclic) bond motifs is 1. The number of rotatable bonds is 4. The molecule has 3 rings (SSSR count). The van der Waals surface area contributed by atoms with Crippen LogP contribution >= 0.6 is 0 Å². The Kier molecular flexibility index (Phi) is 2.21. The number of aliphatic carboxylic acids is 1. The van der Waals surface area contributed by atoms with E-state index < -0.39 is 12.6 Å². The summed E-state index contributed by atoms with van der Waals surface area (Å²) in [6.45, 7) is -0.392. The highest BCUT2D eigenvalue weighted by atomic mass is 16.5. The number of carbonyl (C=O) groups is 1. The van der Waals surface area contributed by atoms with Gasteiger partial charge in [-0.05, 0) is 18.9 Å². The molecule has 0 atom stereocenters. The van der Waals surface area contributed by atoms with Crippen LogP contribution in [0.4, 0.5) is 0 Å². The Morgan fingerprint density at radius 3 is 3.12 bits per heavy atom. The number of nitrogens with zero attached hydrogens (tertiary/aromatic N) is 3. The molecule has 17 heavy (non-hydrogen) atoms. The Bertz CT molecular complexity index is 574. The summed E-state index contributed by atoms with van der Waals surface area (Å²) in [6, 6.07) is 1.92. The minimum atomic E-state index is -1.02. The first-order valence-corrected chi connectivity index (χ1v) is 5.43. The predicted octanol–water partition coefficient (Wildman–Crippen LogP) is 1.07. The molecule has 2 heterocycles. The molecule has 6 heteroatoms. The molecule has 0 saturated heterocycles. The largest absolute Gasteiger partial charge is 0.479 e. The van der Waals surface area contributed by atoms with Crippen LogP contribution in [-0.2, 0) is 4.79 Å². The van der Waals surface area contributed by atoms with E-state index >= 15 is 0 Å². The van der Waals surface area contributed by atoms with Crippen LogP contribution in [0, 0.1) is 0 Å². The Hall–Kier alpha value is -2.11. The van der Waals surface area contributed by atoms with Crippen LogP contribution in [-0.4, -0.2) is 32.3 Å². The van der Waals surface area contributed by atoms with Crippen molar-refractivity contribution in [2.45, 2.75) is 18.8 Å². The lowest BCUT2D eigenvalue weighted by Gasteiger charge is -2.02. The number of aromatic nitrogens is 3. The number of ether oxygens (including phenoxy) is 1. The van der Waals surface area contributed by atoms with Crippen molar-refractivity contribution in [3.05, 3.63) is 24.2 Å². The second kappa shape index (κ2) is 3.73. The number of carboxylic acids is 1. The molecule has 0 aliphatic heterocycles. The van der Waals surface area contributed by atoms with Crippen LogP contribution in [0.3, 0.4) is 0 Å². The highest BCUT2D eigenvalue weighted by Gasteiger charge is 2.27. The number of hydrogen-bond donors (Lipinski definition) is 1. The molecular formula is C11H11N3O3. The SMILES string of the molecule is O=C(O)COc1nccn2nc(C3CC3)cc12. The van der Waals surface area contributed by atoms with Gasteiger partial charge >= 0.3 is 5.97 Å². The second-order valence-electron chi connectivity index (χ2n) is 4.09. The second-order valence-corrected chi connectivity index (χ2v) is 4.09. The van der Waals surface area contributed by atoms with Crippen molar-refractivity contribution in [1.82, 2.24) is 14.6 Å². The van der Waals surface area contributed by atoms with Crippen LogP contribution in [0.2, 0.25) is 0 Å². The maximum atomic E-state index is 10.5. The van der Waals surface area contributed by atoms with Crippen LogP contribution < -0.4 is 4.74 Å². The van der Waals surface area contributed by atoms with E-state index in [2.05, 4.69) is 10.1 Å². The molecule has 2 aromatic rings. The summed E-state index contributed by atoms with van der Waals surface area (Å²) in [4.78, 5) is 14.5. The normalized spacial score (nSPS) is 15.1. The molecule has 0 aromatic carbocycles. The first-order valence-electron chi connectivity index (χ1n) is 5.43. The zero-order valence-corrected chi connectivity index (χ0v) is 9.04. The monoisotopic (exact) mass is 233 g/mol. The van der Waals surface area contributed by atoms with Crippen molar-refractivity contribution in [2.24, 2.45) is 0 Å². The fourth-order valence-electron chi connectivity index (χ4n) is 1.74. The van der Waals surface area contributed by atoms with Gasteiger partial charge in [-0.15, -0.1) is 0 Å². The van der Waals surface area contributed by atoms with Crippen molar-refractivity contribution < 1.29 is 14.6 Å². The molecule has 88 valence electrons. The lowest BCUT2D eigenvalue weighted by Crippen LogP contribution is -2.10. The third kappa shape index (κ3) is 1.93. The average Bonchev–Trinajstić information content (AvgIpc) is 3.06. The van der Waals surface area contributed by atoms with Crippen molar-refractivity contribution in [2.75, 3.05) is 6.61 Å². The maximum absolute atomic E-state index is 10.5. The molecule has 0 amide bonds. The summed E-state index contributed by atoms with van der Waals surface area (Å²) in [5.74, 6) is -0.160. The summed E-state index contributed by atoms with van der Waals surface area (Å²) in [5.41, 5.74) is 1.74. The Labute approximate surface area is 96.8 Å². The van der Waals surface area contributed by atoms with E-state index in [-0.39, 0.29) is 0 Å². The number of hydrogen-bond acceptors (Lipinski definition) is 4. The van der Waals surface area contributed by atoms with Crippen molar-refractivity contribution in [1.29, 1.82) is 0 Å². The van der Waals surface area contributed by atoms with Gasteiger partial charge in [-0.2, -0.15) is 5.10 Å². The van der Waals surface area contributed by atoms with Gasteiger partial charge in [0.25, 0.3) is 0 Å². The van der Waals surface area contributed by atoms with Gasteiger partial charge in [-0.1, -0.05) is 0 Å². The van der Waals surface area contributed by atoms with Gasteiger partial charge < -0.3 is 9.84 Å². The van der Waals surface area contributed by atoms with Gasteiger partial charge in [0.1, 0.15) is 5.52 Å². The summed E-state index contributed by atoms with van der Waals surface area (Å²) in [5, 5.41) is 13.0. The standard InChI is InChI=1S/C11H11N3O3/c15-10(16)6-17-11-9-5-8(7-1-2-7)13-14(9)4-3-12-11/h3-5,7H,1-2,6H2,(H,15,16). The zero-order chi connectivity index (χ0) is 11.8. The summed E-state index contributed by atoms with van der Waals surface area (Å²) in [6.07, 6.45) is 5.62. The average molecular weight is 233 g/mol. The Balaban J connectivity index is 1.96. The van der Waals surface area contributed by atoms with E-state index in [1.807, 2.05) is 6.07 Å². The quantitative estimate of drug-likeness (QED) is 0.854. The highest BCUT2D eigenvalue weighted by molar-refractivity contribution is 5.69. The van der Waals surface area contributed by atoms with Crippen molar-refractivity contribution in [3.63, 3.8) is 0 Å². The van der Waals surface area contributed by atoms with Gasteiger partial charge in [-0.3, -0.25) is 0 Å². The highest BCUT2D eigenvalue weighted by Crippen LogP contribution is 2.40. The minimum absolute atomic E-state index is 0.314. The van der Waals surface area contributed by atoms with Crippen molar-refractivity contribution in [3.8, 4) is 5.88 Å². The Morgan fingerprint density at radius 2 is 2.41 bits per heavy atom. The van der Waals surface area contributed by atoms with Gasteiger partial charge in [0.2, 0.25) is 5.88 Å². The maximum Gasteiger partial charge on any atom is 0.341 e. The van der Waals surface area contributed by atoms with Gasteiger partial charge in [0.15, 0.2) is 6.61 Å². The molecule has 2 aromatic heterocycles. The molecule has 1 aliphatic carbocycles. The van der Waals surface area contributed by atoms with Gasteiger partial charge in [0, 0.05) is 18.3 Å². The summed E-state index contributed by atoms with van der Waals surface area (Å²) >= 11 is 0. The molecule has 6 nitrogen and oxygen atoms in total.